The van der Waals surface area contributed by atoms with Gasteiger partial charge in [0.05, 0.1) is 5.69 Å². The summed E-state index contributed by atoms with van der Waals surface area (Å²) in [5, 5.41) is 25.6. The molecule has 31 heavy (non-hydrogen) atoms. The van der Waals surface area contributed by atoms with Crippen LogP contribution < -0.4 is 0 Å². The number of aryl methyl sites for hydroxylation is 1. The molecule has 2 heterocycles. The third kappa shape index (κ3) is 3.27. The first kappa shape index (κ1) is 20.7. The third-order valence-corrected chi connectivity index (χ3v) is 5.74. The molecule has 7 nitrogen and oxygen atoms in total. The number of hydrogen-bond acceptors (Lipinski definition) is 5. The van der Waals surface area contributed by atoms with Gasteiger partial charge in [0.25, 0.3) is 0 Å². The second-order valence-corrected chi connectivity index (χ2v) is 7.98. The number of aromatic hydroxyl groups is 1. The topological polar surface area (TPSA) is 89.5 Å². The first-order valence-electron chi connectivity index (χ1n) is 10.0. The predicted octanol–water partition coefficient (Wildman–Crippen LogP) is 4.30. The molecule has 4 rings (SSSR count). The SMILES string of the molecule is C=CCOC(=O)n1cnc(C(O)(c2ccc3c(ccc4c(O)n(C)cc43)c2)C(C)C)c1. The quantitative estimate of drug-likeness (QED) is 0.471. The summed E-state index contributed by atoms with van der Waals surface area (Å²) in [5.41, 5.74) is -0.388. The fourth-order valence-electron chi connectivity index (χ4n) is 3.97. The van der Waals surface area contributed by atoms with E-state index in [1.54, 1.807) is 11.6 Å². The van der Waals surface area contributed by atoms with E-state index in [4.69, 9.17) is 4.74 Å². The first-order valence-corrected chi connectivity index (χ1v) is 10.0. The molecule has 2 aromatic carbocycles. The summed E-state index contributed by atoms with van der Waals surface area (Å²) in [6.07, 6.45) is 5.62. The summed E-state index contributed by atoms with van der Waals surface area (Å²) in [7, 11) is 1.80. The summed E-state index contributed by atoms with van der Waals surface area (Å²) in [4.78, 5) is 16.4. The molecule has 0 amide bonds. The van der Waals surface area contributed by atoms with Crippen molar-refractivity contribution in [3.05, 3.63) is 73.0 Å². The van der Waals surface area contributed by atoms with Crippen LogP contribution in [-0.4, -0.2) is 37.0 Å². The Kier molecular flexibility index (Phi) is 5.07. The van der Waals surface area contributed by atoms with Crippen molar-refractivity contribution in [2.45, 2.75) is 19.4 Å². The van der Waals surface area contributed by atoms with Crippen molar-refractivity contribution in [1.29, 1.82) is 0 Å². The maximum Gasteiger partial charge on any atom is 0.419 e. The summed E-state index contributed by atoms with van der Waals surface area (Å²) < 4.78 is 7.93. The van der Waals surface area contributed by atoms with Crippen molar-refractivity contribution < 1.29 is 19.7 Å². The van der Waals surface area contributed by atoms with E-state index in [1.165, 1.54) is 23.2 Å². The molecule has 0 bridgehead atoms. The van der Waals surface area contributed by atoms with Gasteiger partial charge in [-0.3, -0.25) is 0 Å². The van der Waals surface area contributed by atoms with Gasteiger partial charge in [0.15, 0.2) is 5.88 Å². The lowest BCUT2D eigenvalue weighted by atomic mass is 9.80. The second kappa shape index (κ2) is 7.59. The van der Waals surface area contributed by atoms with Crippen LogP contribution in [0.3, 0.4) is 0 Å². The molecular weight excluding hydrogens is 394 g/mol. The van der Waals surface area contributed by atoms with E-state index in [1.807, 2.05) is 50.4 Å². The molecule has 0 aliphatic carbocycles. The van der Waals surface area contributed by atoms with Crippen LogP contribution in [0.25, 0.3) is 21.5 Å². The van der Waals surface area contributed by atoms with Gasteiger partial charge in [0, 0.05) is 30.2 Å². The van der Waals surface area contributed by atoms with Crippen LogP contribution in [0.4, 0.5) is 4.79 Å². The number of imidazole rings is 1. The minimum Gasteiger partial charge on any atom is -0.494 e. The van der Waals surface area contributed by atoms with Crippen LogP contribution >= 0.6 is 0 Å². The van der Waals surface area contributed by atoms with Gasteiger partial charge in [-0.05, 0) is 34.4 Å². The Balaban J connectivity index is 1.80. The van der Waals surface area contributed by atoms with Gasteiger partial charge in [-0.15, -0.1) is 0 Å². The van der Waals surface area contributed by atoms with Gasteiger partial charge < -0.3 is 19.5 Å². The lowest BCUT2D eigenvalue weighted by molar-refractivity contribution is 0.0280. The van der Waals surface area contributed by atoms with Crippen molar-refractivity contribution in [2.75, 3.05) is 6.61 Å². The number of aliphatic hydroxyl groups is 1. The second-order valence-electron chi connectivity index (χ2n) is 7.98. The molecular formula is C24H25N3O4. The van der Waals surface area contributed by atoms with Crippen molar-refractivity contribution in [3.8, 4) is 5.88 Å². The van der Waals surface area contributed by atoms with Gasteiger partial charge in [0.1, 0.15) is 18.5 Å². The summed E-state index contributed by atoms with van der Waals surface area (Å²) in [6.45, 7) is 7.42. The molecule has 2 N–H and O–H groups in total. The molecule has 0 fully saturated rings. The van der Waals surface area contributed by atoms with Crippen LogP contribution in [0.2, 0.25) is 0 Å². The highest BCUT2D eigenvalue weighted by Gasteiger charge is 2.38. The molecule has 0 saturated carbocycles. The average Bonchev–Trinajstić information content (AvgIpc) is 3.36. The molecule has 0 aliphatic rings. The molecule has 7 heteroatoms. The summed E-state index contributed by atoms with van der Waals surface area (Å²) >= 11 is 0. The van der Waals surface area contributed by atoms with Crippen molar-refractivity contribution in [3.63, 3.8) is 0 Å². The summed E-state index contributed by atoms with van der Waals surface area (Å²) in [5.74, 6) is -0.00413. The van der Waals surface area contributed by atoms with E-state index >= 15 is 0 Å². The molecule has 0 spiro atoms. The van der Waals surface area contributed by atoms with Gasteiger partial charge in [-0.2, -0.15) is 0 Å². The Morgan fingerprint density at radius 1 is 1.23 bits per heavy atom. The fourth-order valence-corrected chi connectivity index (χ4v) is 3.97. The van der Waals surface area contributed by atoms with Crippen LogP contribution in [0.1, 0.15) is 25.1 Å². The Hall–Kier alpha value is -3.58. The summed E-state index contributed by atoms with van der Waals surface area (Å²) in [6, 6.07) is 9.52. The van der Waals surface area contributed by atoms with Crippen LogP contribution in [0.5, 0.6) is 5.88 Å². The van der Waals surface area contributed by atoms with Gasteiger partial charge in [0.2, 0.25) is 0 Å². The number of carbonyl (C=O) groups is 1. The number of carbonyl (C=O) groups excluding carboxylic acids is 1. The average molecular weight is 419 g/mol. The highest BCUT2D eigenvalue weighted by Crippen LogP contribution is 2.39. The minimum atomic E-state index is -1.41. The Morgan fingerprint density at radius 3 is 2.68 bits per heavy atom. The molecule has 1 unspecified atom stereocenters. The maximum atomic E-state index is 12.1. The normalized spacial score (nSPS) is 13.6. The lowest BCUT2D eigenvalue weighted by Crippen LogP contribution is -2.34. The molecule has 0 saturated heterocycles. The molecule has 0 radical (unpaired) electrons. The van der Waals surface area contributed by atoms with Crippen LogP contribution in [0, 0.1) is 5.92 Å². The molecule has 1 atom stereocenters. The number of aromatic nitrogens is 3. The number of benzene rings is 2. The molecule has 160 valence electrons. The zero-order valence-corrected chi connectivity index (χ0v) is 17.7. The van der Waals surface area contributed by atoms with Crippen molar-refractivity contribution in [1.82, 2.24) is 14.1 Å². The van der Waals surface area contributed by atoms with E-state index in [9.17, 15) is 15.0 Å². The highest BCUT2D eigenvalue weighted by atomic mass is 16.5. The van der Waals surface area contributed by atoms with Crippen molar-refractivity contribution in [2.24, 2.45) is 13.0 Å². The lowest BCUT2D eigenvalue weighted by Gasteiger charge is -2.31. The predicted molar refractivity (Wildman–Crippen MR) is 119 cm³/mol. The maximum absolute atomic E-state index is 12.1. The molecule has 0 aliphatic heterocycles. The first-order chi connectivity index (χ1) is 14.8. The highest BCUT2D eigenvalue weighted by molar-refractivity contribution is 6.09. The van der Waals surface area contributed by atoms with E-state index in [0.29, 0.717) is 11.3 Å². The number of hydrogen-bond donors (Lipinski definition) is 2. The number of ether oxygens (including phenoxy) is 1. The van der Waals surface area contributed by atoms with Crippen molar-refractivity contribution >= 4 is 27.6 Å². The number of nitrogens with zero attached hydrogens (tertiary/aromatic N) is 3. The Morgan fingerprint density at radius 2 is 1.97 bits per heavy atom. The Bertz CT molecular complexity index is 1300. The monoisotopic (exact) mass is 419 g/mol. The zero-order chi connectivity index (χ0) is 22.3. The van der Waals surface area contributed by atoms with Crippen LogP contribution in [-0.2, 0) is 17.4 Å². The fraction of sp³-hybridized carbons (Fsp3) is 0.250. The molecule has 4 aromatic rings. The Labute approximate surface area is 179 Å². The van der Waals surface area contributed by atoms with E-state index in [0.717, 1.165) is 21.5 Å². The number of fused-ring (bicyclic) bond motifs is 3. The van der Waals surface area contributed by atoms with Gasteiger partial charge in [-0.25, -0.2) is 14.3 Å². The number of rotatable bonds is 5. The van der Waals surface area contributed by atoms with E-state index in [2.05, 4.69) is 11.6 Å². The molecule has 2 aromatic heterocycles. The zero-order valence-electron chi connectivity index (χ0n) is 17.7. The van der Waals surface area contributed by atoms with E-state index in [-0.39, 0.29) is 18.4 Å². The van der Waals surface area contributed by atoms with Gasteiger partial charge >= 0.3 is 6.09 Å². The van der Waals surface area contributed by atoms with Crippen LogP contribution in [0.15, 0.2) is 61.7 Å². The van der Waals surface area contributed by atoms with Gasteiger partial charge in [-0.1, -0.05) is 44.7 Å². The largest absolute Gasteiger partial charge is 0.494 e. The minimum absolute atomic E-state index is 0.0922. The smallest absolute Gasteiger partial charge is 0.419 e. The van der Waals surface area contributed by atoms with E-state index < -0.39 is 11.7 Å². The standard InChI is InChI=1S/C24H25N3O4/c1-5-10-31-23(29)27-13-21(25-14-27)24(30,15(2)3)17-7-9-18-16(11-17)6-8-19-20(18)12-26(4)22(19)28/h5-9,11-15,28,30H,1,10H2,2-4H3. The third-order valence-electron chi connectivity index (χ3n) is 5.74.